The summed E-state index contributed by atoms with van der Waals surface area (Å²) in [5.74, 6) is 1.13. The van der Waals surface area contributed by atoms with Gasteiger partial charge in [0.1, 0.15) is 5.82 Å². The highest BCUT2D eigenvalue weighted by atomic mass is 16.1. The summed E-state index contributed by atoms with van der Waals surface area (Å²) in [5, 5.41) is 12.4. The van der Waals surface area contributed by atoms with Crippen molar-refractivity contribution in [1.29, 1.82) is 0 Å². The number of likely N-dealkylation sites (tertiary alicyclic amines) is 1. The van der Waals surface area contributed by atoms with Crippen molar-refractivity contribution in [2.45, 2.75) is 32.4 Å². The Morgan fingerprint density at radius 2 is 2.16 bits per heavy atom. The van der Waals surface area contributed by atoms with Gasteiger partial charge in [0.25, 0.3) is 5.91 Å². The highest BCUT2D eigenvalue weighted by Crippen LogP contribution is 2.25. The molecule has 1 fully saturated rings. The third-order valence-electron chi connectivity index (χ3n) is 6.22. The van der Waals surface area contributed by atoms with Crippen LogP contribution in [0.5, 0.6) is 0 Å². The second-order valence-electron chi connectivity index (χ2n) is 8.32. The number of carbonyl (C=O) groups is 1. The molecule has 0 saturated carbocycles. The summed E-state index contributed by atoms with van der Waals surface area (Å²) in [6.07, 6.45) is 4.33. The van der Waals surface area contributed by atoms with E-state index in [1.54, 1.807) is 4.68 Å². The molecular formula is C23H27N7O. The van der Waals surface area contributed by atoms with Gasteiger partial charge in [-0.15, -0.1) is 0 Å². The molecule has 1 saturated heterocycles. The van der Waals surface area contributed by atoms with Crippen LogP contribution in [0.1, 0.15) is 35.8 Å². The van der Waals surface area contributed by atoms with Gasteiger partial charge < -0.3 is 15.6 Å². The van der Waals surface area contributed by atoms with Crippen LogP contribution in [0.4, 0.5) is 11.6 Å². The summed E-state index contributed by atoms with van der Waals surface area (Å²) in [6.45, 7) is 4.34. The normalized spacial score (nSPS) is 16.9. The molecule has 0 radical (unpaired) electrons. The molecule has 0 bridgehead atoms. The molecule has 3 aromatic heterocycles. The molecule has 8 heteroatoms. The number of hydrogen-bond donors (Lipinski definition) is 3. The van der Waals surface area contributed by atoms with Crippen LogP contribution in [0.2, 0.25) is 0 Å². The average molecular weight is 418 g/mol. The van der Waals surface area contributed by atoms with E-state index in [1.165, 1.54) is 18.5 Å². The summed E-state index contributed by atoms with van der Waals surface area (Å²) in [4.78, 5) is 23.3. The van der Waals surface area contributed by atoms with Crippen molar-refractivity contribution in [3.63, 3.8) is 0 Å². The van der Waals surface area contributed by atoms with Crippen LogP contribution in [-0.2, 0) is 13.6 Å². The Morgan fingerprint density at radius 1 is 1.29 bits per heavy atom. The van der Waals surface area contributed by atoms with Crippen molar-refractivity contribution in [2.75, 3.05) is 24.2 Å². The summed E-state index contributed by atoms with van der Waals surface area (Å²) < 4.78 is 1.77. The topological polar surface area (TPSA) is 90.9 Å². The molecular weight excluding hydrogens is 390 g/mol. The number of benzene rings is 1. The van der Waals surface area contributed by atoms with Gasteiger partial charge in [-0.05, 0) is 50.6 Å². The largest absolute Gasteiger partial charge is 0.371 e. The zero-order valence-corrected chi connectivity index (χ0v) is 18.1. The predicted molar refractivity (Wildman–Crippen MR) is 123 cm³/mol. The van der Waals surface area contributed by atoms with Gasteiger partial charge in [0.2, 0.25) is 0 Å². The fourth-order valence-corrected chi connectivity index (χ4v) is 4.46. The lowest BCUT2D eigenvalue weighted by molar-refractivity contribution is 0.102. The summed E-state index contributed by atoms with van der Waals surface area (Å²) in [5.41, 5.74) is 3.62. The average Bonchev–Trinajstić information content (AvgIpc) is 3.45. The molecule has 0 aliphatic carbocycles. The van der Waals surface area contributed by atoms with Gasteiger partial charge in [-0.25, -0.2) is 4.98 Å². The number of pyridine rings is 1. The van der Waals surface area contributed by atoms with E-state index >= 15 is 0 Å². The van der Waals surface area contributed by atoms with Crippen LogP contribution in [0.3, 0.4) is 0 Å². The Balaban J connectivity index is 1.35. The van der Waals surface area contributed by atoms with Crippen molar-refractivity contribution in [2.24, 2.45) is 7.05 Å². The number of nitrogens with zero attached hydrogens (tertiary/aromatic N) is 4. The van der Waals surface area contributed by atoms with E-state index in [4.69, 9.17) is 0 Å². The lowest BCUT2D eigenvalue weighted by Crippen LogP contribution is -2.26. The van der Waals surface area contributed by atoms with E-state index in [0.29, 0.717) is 17.4 Å². The number of carbonyl (C=O) groups excluding carboxylic acids is 1. The summed E-state index contributed by atoms with van der Waals surface area (Å²) >= 11 is 0. The van der Waals surface area contributed by atoms with E-state index in [1.807, 2.05) is 44.6 Å². The van der Waals surface area contributed by atoms with E-state index in [-0.39, 0.29) is 5.91 Å². The van der Waals surface area contributed by atoms with Gasteiger partial charge in [0.05, 0.1) is 11.0 Å². The van der Waals surface area contributed by atoms with Gasteiger partial charge in [-0.2, -0.15) is 5.10 Å². The van der Waals surface area contributed by atoms with Crippen molar-refractivity contribution in [3.8, 4) is 0 Å². The quantitative estimate of drug-likeness (QED) is 0.460. The molecule has 1 atom stereocenters. The molecule has 1 aliphatic heterocycles. The molecule has 5 rings (SSSR count). The van der Waals surface area contributed by atoms with Crippen molar-refractivity contribution >= 4 is 39.3 Å². The van der Waals surface area contributed by atoms with Crippen LogP contribution in [-0.4, -0.2) is 50.2 Å². The lowest BCUT2D eigenvalue weighted by Gasteiger charge is -2.19. The number of H-pyrrole nitrogens is 1. The predicted octanol–water partition coefficient (Wildman–Crippen LogP) is 3.73. The maximum atomic E-state index is 12.8. The number of fused-ring (bicyclic) bond motifs is 2. The van der Waals surface area contributed by atoms with Gasteiger partial charge in [-0.3, -0.25) is 14.4 Å². The van der Waals surface area contributed by atoms with Crippen LogP contribution in [0.25, 0.3) is 21.8 Å². The highest BCUT2D eigenvalue weighted by molar-refractivity contribution is 6.07. The second-order valence-corrected chi connectivity index (χ2v) is 8.32. The fraction of sp³-hybridized carbons (Fsp3) is 0.348. The van der Waals surface area contributed by atoms with Crippen LogP contribution in [0.15, 0.2) is 36.5 Å². The van der Waals surface area contributed by atoms with Crippen molar-refractivity contribution < 1.29 is 4.79 Å². The molecule has 1 amide bonds. The molecule has 31 heavy (non-hydrogen) atoms. The molecule has 160 valence electrons. The SMILES string of the molecule is CNc1nn(C)c2cc(C(=O)Nc3cc4[nH]c(CN5CCC[C@@H]5C)cc4cn3)ccc12. The molecule has 3 N–H and O–H groups in total. The van der Waals surface area contributed by atoms with E-state index in [9.17, 15) is 4.79 Å². The second kappa shape index (κ2) is 7.70. The number of anilines is 2. The Morgan fingerprint density at radius 3 is 2.94 bits per heavy atom. The number of aromatic amines is 1. The fourth-order valence-electron chi connectivity index (χ4n) is 4.46. The Hall–Kier alpha value is -3.39. The first-order valence-corrected chi connectivity index (χ1v) is 10.7. The Kier molecular flexibility index (Phi) is 4.86. The number of rotatable bonds is 5. The van der Waals surface area contributed by atoms with E-state index in [2.05, 4.69) is 43.6 Å². The van der Waals surface area contributed by atoms with Gasteiger partial charge >= 0.3 is 0 Å². The number of amides is 1. The van der Waals surface area contributed by atoms with Crippen LogP contribution >= 0.6 is 0 Å². The zero-order valence-electron chi connectivity index (χ0n) is 18.1. The number of nitrogens with one attached hydrogen (secondary N) is 3. The third kappa shape index (κ3) is 3.63. The minimum Gasteiger partial charge on any atom is -0.371 e. The maximum Gasteiger partial charge on any atom is 0.256 e. The maximum absolute atomic E-state index is 12.8. The molecule has 4 heterocycles. The first-order valence-electron chi connectivity index (χ1n) is 10.7. The highest BCUT2D eigenvalue weighted by Gasteiger charge is 2.20. The van der Waals surface area contributed by atoms with Crippen LogP contribution < -0.4 is 10.6 Å². The zero-order chi connectivity index (χ0) is 21.5. The molecule has 1 aromatic carbocycles. The standard InChI is InChI=1S/C23H27N7O/c1-14-5-4-8-30(14)13-17-9-16-12-25-21(11-19(16)26-17)27-23(31)15-6-7-18-20(10-15)29(3)28-22(18)24-2/h6-7,9-12,14,26H,4-5,8,13H2,1-3H3,(H,24,28)(H,25,27,31)/t14-/m0/s1. The molecule has 8 nitrogen and oxygen atoms in total. The molecule has 4 aromatic rings. The lowest BCUT2D eigenvalue weighted by atomic mass is 10.1. The van der Waals surface area contributed by atoms with Gasteiger partial charge in [-0.1, -0.05) is 0 Å². The Labute approximate surface area is 180 Å². The summed E-state index contributed by atoms with van der Waals surface area (Å²) in [6, 6.07) is 10.2. The van der Waals surface area contributed by atoms with Crippen LogP contribution in [0, 0.1) is 0 Å². The van der Waals surface area contributed by atoms with Gasteiger partial charge in [0, 0.05) is 61.0 Å². The summed E-state index contributed by atoms with van der Waals surface area (Å²) in [7, 11) is 3.70. The number of aromatic nitrogens is 4. The number of hydrogen-bond acceptors (Lipinski definition) is 5. The minimum atomic E-state index is -0.196. The molecule has 0 unspecified atom stereocenters. The third-order valence-corrected chi connectivity index (χ3v) is 6.22. The molecule has 1 aliphatic rings. The number of aryl methyl sites for hydroxylation is 1. The first kappa shape index (κ1) is 19.6. The minimum absolute atomic E-state index is 0.196. The first-order chi connectivity index (χ1) is 15.0. The molecule has 0 spiro atoms. The van der Waals surface area contributed by atoms with Crippen molar-refractivity contribution in [3.05, 3.63) is 47.8 Å². The van der Waals surface area contributed by atoms with Gasteiger partial charge in [0.15, 0.2) is 5.82 Å². The Bertz CT molecular complexity index is 1270. The van der Waals surface area contributed by atoms with E-state index in [0.717, 1.165) is 40.7 Å². The monoisotopic (exact) mass is 417 g/mol. The van der Waals surface area contributed by atoms with E-state index < -0.39 is 0 Å². The smallest absolute Gasteiger partial charge is 0.256 e. The van der Waals surface area contributed by atoms with Crippen molar-refractivity contribution in [1.82, 2.24) is 24.6 Å².